The van der Waals surface area contributed by atoms with Gasteiger partial charge in [-0.05, 0) is 104 Å². The van der Waals surface area contributed by atoms with Crippen molar-refractivity contribution >= 4 is 53.7 Å². The predicted octanol–water partition coefficient (Wildman–Crippen LogP) is 16.0. The highest BCUT2D eigenvalue weighted by Crippen LogP contribution is 2.53. The summed E-state index contributed by atoms with van der Waals surface area (Å²) in [6, 6.07) is 75.0. The second kappa shape index (κ2) is 14.7. The highest BCUT2D eigenvalue weighted by Gasteiger charge is 2.40. The van der Waals surface area contributed by atoms with Crippen molar-refractivity contribution < 1.29 is 4.74 Å². The molecule has 2 heterocycles. The topological polar surface area (TPSA) is 12.5 Å². The van der Waals surface area contributed by atoms with E-state index in [9.17, 15) is 0 Å². The summed E-state index contributed by atoms with van der Waals surface area (Å²) >= 11 is 1.88. The lowest BCUT2D eigenvalue weighted by Crippen LogP contribution is -2.29. The van der Waals surface area contributed by atoms with Gasteiger partial charge in [0, 0.05) is 37.1 Å². The van der Waals surface area contributed by atoms with Crippen LogP contribution in [0.2, 0.25) is 0 Å². The zero-order valence-corrected chi connectivity index (χ0v) is 34.1. The van der Waals surface area contributed by atoms with Gasteiger partial charge in [-0.3, -0.25) is 0 Å². The van der Waals surface area contributed by atoms with Crippen LogP contribution in [-0.4, -0.2) is 6.10 Å². The molecule has 1 aliphatic carbocycles. The Bertz CT molecular complexity index is 3330. The third-order valence-corrected chi connectivity index (χ3v) is 13.7. The van der Waals surface area contributed by atoms with Gasteiger partial charge in [-0.25, -0.2) is 0 Å². The molecule has 1 aromatic heterocycles. The summed E-state index contributed by atoms with van der Waals surface area (Å²) in [6.07, 6.45) is 6.57. The van der Waals surface area contributed by atoms with Crippen LogP contribution in [0, 0.1) is 0 Å². The first-order valence-corrected chi connectivity index (χ1v) is 21.8. The maximum Gasteiger partial charge on any atom is 0.130 e. The fourth-order valence-corrected chi connectivity index (χ4v) is 10.7. The smallest absolute Gasteiger partial charge is 0.130 e. The van der Waals surface area contributed by atoms with E-state index in [1.165, 1.54) is 81.1 Å². The van der Waals surface area contributed by atoms with Crippen molar-refractivity contribution in [1.29, 1.82) is 0 Å². The van der Waals surface area contributed by atoms with Crippen LogP contribution in [-0.2, 0) is 0 Å². The molecule has 0 bridgehead atoms. The maximum absolute atomic E-state index is 6.83. The van der Waals surface area contributed by atoms with Crippen molar-refractivity contribution in [2.75, 3.05) is 4.90 Å². The number of allylic oxidation sites excluding steroid dienone is 2. The Morgan fingerprint density at radius 1 is 0.475 bits per heavy atom. The number of rotatable bonds is 7. The Morgan fingerprint density at radius 3 is 1.87 bits per heavy atom. The molecule has 12 rings (SSSR count). The molecule has 10 aromatic rings. The molecule has 2 nitrogen and oxygen atoms in total. The quantitative estimate of drug-likeness (QED) is 0.159. The van der Waals surface area contributed by atoms with E-state index < -0.39 is 0 Å². The van der Waals surface area contributed by atoms with E-state index in [1.807, 2.05) is 11.3 Å². The van der Waals surface area contributed by atoms with Gasteiger partial charge in [-0.2, -0.15) is 0 Å². The molecular weight excluding hydrogens is 759 g/mol. The number of ether oxygens (including phenoxy) is 1. The van der Waals surface area contributed by atoms with Crippen LogP contribution in [0.3, 0.4) is 0 Å². The number of nitrogens with zero attached hydrogens (tertiary/aromatic N) is 1. The molecule has 0 fully saturated rings. The molecule has 2 unspecified atom stereocenters. The van der Waals surface area contributed by atoms with E-state index in [2.05, 4.69) is 229 Å². The third-order valence-electron chi connectivity index (χ3n) is 12.4. The van der Waals surface area contributed by atoms with E-state index in [4.69, 9.17) is 4.74 Å². The Morgan fingerprint density at radius 2 is 1.08 bits per heavy atom. The van der Waals surface area contributed by atoms with Crippen LogP contribution in [0.15, 0.2) is 230 Å². The number of benzene rings is 9. The first kappa shape index (κ1) is 35.5. The minimum Gasteiger partial charge on any atom is -0.485 e. The van der Waals surface area contributed by atoms with Gasteiger partial charge in [0.25, 0.3) is 0 Å². The van der Waals surface area contributed by atoms with Crippen LogP contribution < -0.4 is 9.64 Å². The number of fused-ring (bicyclic) bond motifs is 7. The molecule has 2 atom stereocenters. The Hall–Kier alpha value is -7.46. The number of thiophene rings is 1. The Labute approximate surface area is 359 Å². The number of hydrogen-bond donors (Lipinski definition) is 0. The fraction of sp³-hybridized carbons (Fsp3) is 0.0345. The van der Waals surface area contributed by atoms with Crippen molar-refractivity contribution in [2.45, 2.75) is 12.0 Å². The van der Waals surface area contributed by atoms with Crippen molar-refractivity contribution in [3.63, 3.8) is 0 Å². The van der Waals surface area contributed by atoms with Gasteiger partial charge in [0.15, 0.2) is 0 Å². The highest BCUT2D eigenvalue weighted by atomic mass is 32.1. The minimum atomic E-state index is -0.123. The summed E-state index contributed by atoms with van der Waals surface area (Å²) in [6.45, 7) is 0. The van der Waals surface area contributed by atoms with E-state index in [0.29, 0.717) is 0 Å². The van der Waals surface area contributed by atoms with E-state index in [0.717, 1.165) is 22.7 Å². The molecule has 9 aromatic carbocycles. The second-order valence-electron chi connectivity index (χ2n) is 16.0. The lowest BCUT2D eigenvalue weighted by molar-refractivity contribution is 0.264. The summed E-state index contributed by atoms with van der Waals surface area (Å²) in [5.41, 5.74) is 14.3. The van der Waals surface area contributed by atoms with Gasteiger partial charge < -0.3 is 9.64 Å². The molecule has 0 N–H and O–H groups in total. The normalized spacial score (nSPS) is 15.4. The van der Waals surface area contributed by atoms with Crippen molar-refractivity contribution in [3.05, 3.63) is 236 Å². The van der Waals surface area contributed by atoms with Gasteiger partial charge in [0.2, 0.25) is 0 Å². The molecule has 1 aliphatic heterocycles. The molecule has 2 aliphatic rings. The Balaban J connectivity index is 0.989. The van der Waals surface area contributed by atoms with Crippen LogP contribution in [0.25, 0.3) is 75.5 Å². The standard InChI is InChI=1S/C58H39NOS/c1-3-12-38(13-4-1)46-30-33-49-54(37-46)60-53-20-11-19-51(56(49)53)59(52-35-34-48(43-15-5-2-6-16-43)58-57(52)50-18-9-10-21-55(50)61-58)47-31-28-41(29-32-47)40-22-24-42(25-23-40)45-27-26-39-14-7-8-17-44(39)36-45/h1-37,53,56H. The third kappa shape index (κ3) is 6.17. The summed E-state index contributed by atoms with van der Waals surface area (Å²) in [4.78, 5) is 2.51. The molecule has 0 amide bonds. The number of hydrogen-bond acceptors (Lipinski definition) is 3. The van der Waals surface area contributed by atoms with Crippen LogP contribution in [0.4, 0.5) is 11.4 Å². The molecule has 61 heavy (non-hydrogen) atoms. The largest absolute Gasteiger partial charge is 0.485 e. The number of anilines is 2. The molecule has 0 radical (unpaired) electrons. The molecular formula is C58H39NOS. The lowest BCUT2D eigenvalue weighted by atomic mass is 9.86. The summed E-state index contributed by atoms with van der Waals surface area (Å²) in [5, 5.41) is 5.05. The van der Waals surface area contributed by atoms with Crippen molar-refractivity contribution in [2.24, 2.45) is 0 Å². The molecule has 0 saturated carbocycles. The van der Waals surface area contributed by atoms with Gasteiger partial charge in [0.1, 0.15) is 11.9 Å². The van der Waals surface area contributed by atoms with Crippen LogP contribution >= 0.6 is 11.3 Å². The van der Waals surface area contributed by atoms with Crippen molar-refractivity contribution in [3.8, 4) is 50.3 Å². The zero-order valence-electron chi connectivity index (χ0n) is 33.3. The first-order valence-electron chi connectivity index (χ1n) is 21.0. The monoisotopic (exact) mass is 797 g/mol. The Kier molecular flexibility index (Phi) is 8.53. The van der Waals surface area contributed by atoms with Gasteiger partial charge in [-0.1, -0.05) is 176 Å². The van der Waals surface area contributed by atoms with Gasteiger partial charge >= 0.3 is 0 Å². The molecule has 0 spiro atoms. The fourth-order valence-electron chi connectivity index (χ4n) is 9.45. The first-order chi connectivity index (χ1) is 30.2. The summed E-state index contributed by atoms with van der Waals surface area (Å²) in [7, 11) is 0. The summed E-state index contributed by atoms with van der Waals surface area (Å²) < 4.78 is 9.40. The second-order valence-corrected chi connectivity index (χ2v) is 17.0. The molecule has 3 heteroatoms. The minimum absolute atomic E-state index is 0.000834. The molecule has 0 saturated heterocycles. The molecule has 288 valence electrons. The van der Waals surface area contributed by atoms with E-state index in [1.54, 1.807) is 0 Å². The van der Waals surface area contributed by atoms with E-state index >= 15 is 0 Å². The lowest BCUT2D eigenvalue weighted by Gasteiger charge is -2.35. The van der Waals surface area contributed by atoms with Gasteiger partial charge in [-0.15, -0.1) is 11.3 Å². The highest BCUT2D eigenvalue weighted by molar-refractivity contribution is 7.26. The predicted molar refractivity (Wildman–Crippen MR) is 258 cm³/mol. The van der Waals surface area contributed by atoms with Crippen LogP contribution in [0.5, 0.6) is 5.75 Å². The zero-order chi connectivity index (χ0) is 40.3. The van der Waals surface area contributed by atoms with Crippen LogP contribution in [0.1, 0.15) is 11.5 Å². The van der Waals surface area contributed by atoms with E-state index in [-0.39, 0.29) is 12.0 Å². The maximum atomic E-state index is 6.83. The average Bonchev–Trinajstić information content (AvgIpc) is 3.92. The SMILES string of the molecule is C1=CC2Oc3cc(-c4ccccc4)ccc3C2C(N(c2ccc(-c3ccc(-c4ccc5ccccc5c4)cc3)cc2)c2ccc(-c3ccccc3)c3sc4ccccc4c23)=C1. The average molecular weight is 798 g/mol. The van der Waals surface area contributed by atoms with Crippen molar-refractivity contribution in [1.82, 2.24) is 0 Å². The summed E-state index contributed by atoms with van der Waals surface area (Å²) in [5.74, 6) is 0.947. The van der Waals surface area contributed by atoms with Gasteiger partial charge in [0.05, 0.1) is 11.6 Å².